The maximum absolute atomic E-state index is 6.53. The smallest absolute Gasteiger partial charge is 0.0776 e. The summed E-state index contributed by atoms with van der Waals surface area (Å²) >= 11 is 0. The van der Waals surface area contributed by atoms with E-state index in [1.54, 1.807) is 0 Å². The third-order valence-corrected chi connectivity index (χ3v) is 4.56. The zero-order valence-electron chi connectivity index (χ0n) is 13.0. The topological polar surface area (TPSA) is 35.2 Å². The lowest BCUT2D eigenvalue weighted by molar-refractivity contribution is -0.0443. The van der Waals surface area contributed by atoms with Gasteiger partial charge in [-0.15, -0.1) is 0 Å². The molecule has 108 valence electrons. The van der Waals surface area contributed by atoms with Crippen LogP contribution in [0.1, 0.15) is 66.7 Å². The van der Waals surface area contributed by atoms with Gasteiger partial charge >= 0.3 is 0 Å². The molecule has 18 heavy (non-hydrogen) atoms. The molecular weight excluding hydrogens is 222 g/mol. The quantitative estimate of drug-likeness (QED) is 0.806. The van der Waals surface area contributed by atoms with Gasteiger partial charge in [0.25, 0.3) is 0 Å². The van der Waals surface area contributed by atoms with Crippen molar-refractivity contribution >= 4 is 0 Å². The molecule has 2 unspecified atom stereocenters. The maximum Gasteiger partial charge on any atom is 0.0776 e. The number of rotatable bonds is 5. The van der Waals surface area contributed by atoms with Gasteiger partial charge < -0.3 is 10.5 Å². The Labute approximate surface area is 114 Å². The van der Waals surface area contributed by atoms with E-state index < -0.39 is 0 Å². The number of nitrogens with two attached hydrogens (primary N) is 1. The summed E-state index contributed by atoms with van der Waals surface area (Å²) in [5, 5.41) is 0. The summed E-state index contributed by atoms with van der Waals surface area (Å²) < 4.78 is 5.95. The number of hydrogen-bond donors (Lipinski definition) is 1. The molecule has 1 fully saturated rings. The van der Waals surface area contributed by atoms with E-state index in [2.05, 4.69) is 34.6 Å². The molecule has 1 aliphatic carbocycles. The van der Waals surface area contributed by atoms with Crippen molar-refractivity contribution in [3.8, 4) is 0 Å². The molecule has 0 heterocycles. The largest absolute Gasteiger partial charge is 0.376 e. The summed E-state index contributed by atoms with van der Waals surface area (Å²) in [5.41, 5.74) is 6.66. The second-order valence-electron chi connectivity index (χ2n) is 7.01. The van der Waals surface area contributed by atoms with Crippen LogP contribution in [0.4, 0.5) is 0 Å². The van der Waals surface area contributed by atoms with Crippen molar-refractivity contribution < 1.29 is 4.74 Å². The minimum Gasteiger partial charge on any atom is -0.376 e. The molecular formula is C16H33NO. The average molecular weight is 255 g/mol. The molecule has 0 amide bonds. The zero-order chi connectivity index (χ0) is 13.8. The predicted octanol–water partition coefficient (Wildman–Crippen LogP) is 3.98. The van der Waals surface area contributed by atoms with Gasteiger partial charge in [0.05, 0.1) is 6.10 Å². The van der Waals surface area contributed by atoms with E-state index in [0.717, 1.165) is 12.5 Å². The lowest BCUT2D eigenvalue weighted by atomic mass is 9.72. The van der Waals surface area contributed by atoms with Gasteiger partial charge in [-0.3, -0.25) is 0 Å². The summed E-state index contributed by atoms with van der Waals surface area (Å²) in [4.78, 5) is 0. The van der Waals surface area contributed by atoms with Crippen LogP contribution in [0.2, 0.25) is 0 Å². The summed E-state index contributed by atoms with van der Waals surface area (Å²) in [7, 11) is 0. The first-order valence-electron chi connectivity index (χ1n) is 7.77. The molecule has 2 atom stereocenters. The molecule has 0 bridgehead atoms. The first-order valence-corrected chi connectivity index (χ1v) is 7.77. The van der Waals surface area contributed by atoms with Crippen molar-refractivity contribution in [3.63, 3.8) is 0 Å². The standard InChI is InChI=1S/C16H33NO/c1-6-12-8-10-13(11-9-12)14(17)15(18-7-2)16(3,4)5/h12-15H,6-11,17H2,1-5H3. The van der Waals surface area contributed by atoms with E-state index in [9.17, 15) is 0 Å². The van der Waals surface area contributed by atoms with Gasteiger partial charge in [-0.1, -0.05) is 47.0 Å². The second-order valence-corrected chi connectivity index (χ2v) is 7.01. The van der Waals surface area contributed by atoms with E-state index in [-0.39, 0.29) is 17.6 Å². The molecule has 0 radical (unpaired) electrons. The van der Waals surface area contributed by atoms with Crippen LogP contribution >= 0.6 is 0 Å². The molecule has 0 aromatic heterocycles. The van der Waals surface area contributed by atoms with Crippen LogP contribution in [0.5, 0.6) is 0 Å². The Morgan fingerprint density at radius 3 is 2.06 bits per heavy atom. The van der Waals surface area contributed by atoms with Gasteiger partial charge in [-0.05, 0) is 37.0 Å². The van der Waals surface area contributed by atoms with Gasteiger partial charge in [-0.2, -0.15) is 0 Å². The fourth-order valence-electron chi connectivity index (χ4n) is 3.35. The zero-order valence-corrected chi connectivity index (χ0v) is 13.0. The maximum atomic E-state index is 6.53. The van der Waals surface area contributed by atoms with Crippen LogP contribution in [0.3, 0.4) is 0 Å². The molecule has 2 nitrogen and oxygen atoms in total. The van der Waals surface area contributed by atoms with Crippen LogP contribution in [-0.2, 0) is 4.74 Å². The minimum absolute atomic E-state index is 0.136. The van der Waals surface area contributed by atoms with E-state index in [1.165, 1.54) is 32.1 Å². The van der Waals surface area contributed by atoms with E-state index in [1.807, 2.05) is 0 Å². The molecule has 0 spiro atoms. The van der Waals surface area contributed by atoms with Gasteiger partial charge in [0.1, 0.15) is 0 Å². The Balaban J connectivity index is 2.58. The first kappa shape index (κ1) is 16.0. The fraction of sp³-hybridized carbons (Fsp3) is 1.00. The van der Waals surface area contributed by atoms with Gasteiger partial charge in [0.15, 0.2) is 0 Å². The van der Waals surface area contributed by atoms with Gasteiger partial charge in [0, 0.05) is 12.6 Å². The predicted molar refractivity (Wildman–Crippen MR) is 78.6 cm³/mol. The lowest BCUT2D eigenvalue weighted by Gasteiger charge is -2.41. The highest BCUT2D eigenvalue weighted by atomic mass is 16.5. The SMILES string of the molecule is CCOC(C(N)C1CCC(CC)CC1)C(C)(C)C. The summed E-state index contributed by atoms with van der Waals surface area (Å²) in [5.74, 6) is 1.59. The first-order chi connectivity index (χ1) is 8.40. The molecule has 2 heteroatoms. The van der Waals surface area contributed by atoms with Crippen LogP contribution in [0, 0.1) is 17.3 Å². The van der Waals surface area contributed by atoms with E-state index >= 15 is 0 Å². The molecule has 0 aromatic rings. The van der Waals surface area contributed by atoms with Crippen molar-refractivity contribution in [1.29, 1.82) is 0 Å². The lowest BCUT2D eigenvalue weighted by Crippen LogP contribution is -2.50. The van der Waals surface area contributed by atoms with E-state index in [4.69, 9.17) is 10.5 Å². The Morgan fingerprint density at radius 1 is 1.11 bits per heavy atom. The Bertz CT molecular complexity index is 226. The third-order valence-electron chi connectivity index (χ3n) is 4.56. The molecule has 0 aliphatic heterocycles. The summed E-state index contributed by atoms with van der Waals surface area (Å²) in [6.45, 7) is 11.9. The van der Waals surface area contributed by atoms with Crippen molar-refractivity contribution in [1.82, 2.24) is 0 Å². The van der Waals surface area contributed by atoms with Crippen LogP contribution in [0.25, 0.3) is 0 Å². The molecule has 0 aromatic carbocycles. The van der Waals surface area contributed by atoms with Gasteiger partial charge in [-0.25, -0.2) is 0 Å². The number of hydrogen-bond acceptors (Lipinski definition) is 2. The Hall–Kier alpha value is -0.0800. The Morgan fingerprint density at radius 2 is 1.67 bits per heavy atom. The molecule has 1 aliphatic rings. The fourth-order valence-corrected chi connectivity index (χ4v) is 3.35. The number of ether oxygens (including phenoxy) is 1. The monoisotopic (exact) mass is 255 g/mol. The second kappa shape index (κ2) is 6.91. The highest BCUT2D eigenvalue weighted by Gasteiger charge is 2.36. The van der Waals surface area contributed by atoms with Crippen molar-refractivity contribution in [2.45, 2.75) is 78.9 Å². The minimum atomic E-state index is 0.136. The summed E-state index contributed by atoms with van der Waals surface area (Å²) in [6, 6.07) is 0.197. The highest BCUT2D eigenvalue weighted by Crippen LogP contribution is 2.36. The normalized spacial score (nSPS) is 29.0. The highest BCUT2D eigenvalue weighted by molar-refractivity contribution is 4.90. The van der Waals surface area contributed by atoms with Crippen molar-refractivity contribution in [3.05, 3.63) is 0 Å². The molecule has 0 saturated heterocycles. The Kier molecular flexibility index (Phi) is 6.13. The molecule has 1 rings (SSSR count). The van der Waals surface area contributed by atoms with E-state index in [0.29, 0.717) is 5.92 Å². The molecule has 2 N–H and O–H groups in total. The van der Waals surface area contributed by atoms with Crippen LogP contribution in [-0.4, -0.2) is 18.8 Å². The van der Waals surface area contributed by atoms with Crippen molar-refractivity contribution in [2.24, 2.45) is 23.0 Å². The van der Waals surface area contributed by atoms with Crippen molar-refractivity contribution in [2.75, 3.05) is 6.61 Å². The third kappa shape index (κ3) is 4.24. The van der Waals surface area contributed by atoms with Crippen LogP contribution in [0.15, 0.2) is 0 Å². The van der Waals surface area contributed by atoms with Gasteiger partial charge in [0.2, 0.25) is 0 Å². The average Bonchev–Trinajstić information content (AvgIpc) is 2.34. The van der Waals surface area contributed by atoms with Crippen LogP contribution < -0.4 is 5.73 Å². The molecule has 1 saturated carbocycles. The summed E-state index contributed by atoms with van der Waals surface area (Å²) in [6.07, 6.45) is 6.82.